The fourth-order valence-corrected chi connectivity index (χ4v) is 2.84. The van der Waals surface area contributed by atoms with Crippen LogP contribution in [0.4, 0.5) is 10.5 Å². The lowest BCUT2D eigenvalue weighted by molar-refractivity contribution is 0.0204. The molecule has 0 fully saturated rings. The topological polar surface area (TPSA) is 38.8 Å². The number of carbonyl (C=O) groups is 1. The maximum Gasteiger partial charge on any atom is 0.416 e. The van der Waals surface area contributed by atoms with Gasteiger partial charge in [0.25, 0.3) is 0 Å². The van der Waals surface area contributed by atoms with Crippen molar-refractivity contribution >= 4 is 11.8 Å². The van der Waals surface area contributed by atoms with Crippen LogP contribution in [-0.4, -0.2) is 24.5 Å². The Labute approximate surface area is 133 Å². The van der Waals surface area contributed by atoms with Crippen molar-refractivity contribution in [1.82, 2.24) is 0 Å². The fraction of sp³-hybridized carbons (Fsp3) is 0.611. The number of aryl methyl sites for hydroxylation is 1. The lowest BCUT2D eigenvalue weighted by Gasteiger charge is -2.40. The Hall–Kier alpha value is -1.55. The zero-order valence-electron chi connectivity index (χ0n) is 14.5. The zero-order chi connectivity index (χ0) is 16.5. The van der Waals surface area contributed by atoms with Gasteiger partial charge in [-0.3, -0.25) is 4.90 Å². The van der Waals surface area contributed by atoms with Gasteiger partial charge in [-0.15, -0.1) is 0 Å². The van der Waals surface area contributed by atoms with Crippen LogP contribution in [0.15, 0.2) is 18.2 Å². The molecule has 22 heavy (non-hydrogen) atoms. The molecule has 2 rings (SSSR count). The van der Waals surface area contributed by atoms with Gasteiger partial charge >= 0.3 is 6.09 Å². The minimum atomic E-state index is -0.526. The van der Waals surface area contributed by atoms with Crippen LogP contribution in [0.5, 0.6) is 0 Å². The van der Waals surface area contributed by atoms with Gasteiger partial charge in [-0.25, -0.2) is 4.79 Å². The smallest absolute Gasteiger partial charge is 0.416 e. The maximum absolute atomic E-state index is 12.7. The van der Waals surface area contributed by atoms with E-state index in [0.717, 1.165) is 12.1 Å². The van der Waals surface area contributed by atoms with E-state index in [0.29, 0.717) is 12.5 Å². The monoisotopic (exact) mass is 305 g/mol. The lowest BCUT2D eigenvalue weighted by Crippen LogP contribution is -2.48. The molecule has 1 aromatic rings. The second-order valence-electron chi connectivity index (χ2n) is 6.96. The summed E-state index contributed by atoms with van der Waals surface area (Å²) in [7, 11) is 0. The van der Waals surface area contributed by atoms with E-state index in [9.17, 15) is 4.79 Å². The Balaban J connectivity index is 2.42. The van der Waals surface area contributed by atoms with Crippen molar-refractivity contribution in [3.8, 4) is 0 Å². The van der Waals surface area contributed by atoms with Gasteiger partial charge in [0.2, 0.25) is 0 Å². The highest BCUT2D eigenvalue weighted by Crippen LogP contribution is 2.39. The number of hydrogen-bond acceptors (Lipinski definition) is 3. The molecule has 0 saturated carbocycles. The first-order chi connectivity index (χ1) is 10.2. The van der Waals surface area contributed by atoms with E-state index in [1.54, 1.807) is 4.90 Å². The first-order valence-electron chi connectivity index (χ1n) is 7.97. The van der Waals surface area contributed by atoms with Gasteiger partial charge in [-0.05, 0) is 58.6 Å². The van der Waals surface area contributed by atoms with Gasteiger partial charge in [0, 0.05) is 6.61 Å². The molecule has 0 aliphatic carbocycles. The van der Waals surface area contributed by atoms with Crippen LogP contribution in [0.25, 0.3) is 0 Å². The summed E-state index contributed by atoms with van der Waals surface area (Å²) in [4.78, 5) is 14.3. The van der Waals surface area contributed by atoms with Crippen LogP contribution >= 0.6 is 0 Å². The van der Waals surface area contributed by atoms with Crippen LogP contribution in [-0.2, 0) is 9.47 Å². The molecular formula is C18H27NO3. The first-order valence-corrected chi connectivity index (χ1v) is 7.97. The molecule has 0 bridgehead atoms. The van der Waals surface area contributed by atoms with Gasteiger partial charge in [0.1, 0.15) is 11.8 Å². The van der Waals surface area contributed by atoms with Crippen molar-refractivity contribution in [2.75, 3.05) is 11.5 Å². The third-order valence-electron chi connectivity index (χ3n) is 3.77. The number of hydrogen-bond donors (Lipinski definition) is 0. The average Bonchev–Trinajstić information content (AvgIpc) is 2.38. The van der Waals surface area contributed by atoms with Crippen molar-refractivity contribution in [2.24, 2.45) is 0 Å². The second kappa shape index (κ2) is 6.29. The van der Waals surface area contributed by atoms with E-state index in [1.807, 2.05) is 39.8 Å². The molecule has 1 aromatic carbocycles. The quantitative estimate of drug-likeness (QED) is 0.801. The molecule has 0 radical (unpaired) electrons. The van der Waals surface area contributed by atoms with Crippen molar-refractivity contribution < 1.29 is 14.3 Å². The molecule has 2 atom stereocenters. The number of nitrogens with zero attached hydrogens (tertiary/aromatic N) is 1. The number of fused-ring (bicyclic) bond motifs is 1. The summed E-state index contributed by atoms with van der Waals surface area (Å²) in [6, 6.07) is 6.17. The highest BCUT2D eigenvalue weighted by Gasteiger charge is 2.37. The van der Waals surface area contributed by atoms with E-state index in [-0.39, 0.29) is 12.3 Å². The van der Waals surface area contributed by atoms with Crippen LogP contribution in [0.3, 0.4) is 0 Å². The minimum Gasteiger partial charge on any atom is -0.443 e. The summed E-state index contributed by atoms with van der Waals surface area (Å²) in [5, 5.41) is 0. The number of ether oxygens (including phenoxy) is 2. The Bertz CT molecular complexity index is 548. The molecule has 1 aliphatic heterocycles. The highest BCUT2D eigenvalue weighted by molar-refractivity contribution is 5.90. The Kier molecular flexibility index (Phi) is 4.81. The molecule has 1 aliphatic rings. The van der Waals surface area contributed by atoms with E-state index in [2.05, 4.69) is 19.9 Å². The van der Waals surface area contributed by atoms with Crippen LogP contribution in [0.2, 0.25) is 0 Å². The predicted octanol–water partition coefficient (Wildman–Crippen LogP) is 4.61. The van der Waals surface area contributed by atoms with Crippen molar-refractivity contribution in [1.29, 1.82) is 0 Å². The number of carbonyl (C=O) groups excluding carboxylic acids is 1. The standard InChI is InChI=1S/C18H27NO3/c1-7-21-16-11-13(3)14-10-12(2)8-9-15(14)19(16)17(20)22-18(4,5)6/h8-10,13,16H,7,11H2,1-6H3. The summed E-state index contributed by atoms with van der Waals surface area (Å²) < 4.78 is 11.4. The fourth-order valence-electron chi connectivity index (χ4n) is 2.84. The molecule has 122 valence electrons. The van der Waals surface area contributed by atoms with Crippen molar-refractivity contribution in [3.05, 3.63) is 29.3 Å². The molecule has 1 heterocycles. The Morgan fingerprint density at radius 2 is 2.05 bits per heavy atom. The molecule has 0 aromatic heterocycles. The third kappa shape index (κ3) is 3.61. The van der Waals surface area contributed by atoms with Gasteiger partial charge < -0.3 is 9.47 Å². The summed E-state index contributed by atoms with van der Waals surface area (Å²) in [5.74, 6) is 0.352. The molecule has 1 amide bonds. The summed E-state index contributed by atoms with van der Waals surface area (Å²) in [6.07, 6.45) is 0.164. The number of benzene rings is 1. The largest absolute Gasteiger partial charge is 0.443 e. The van der Waals surface area contributed by atoms with Gasteiger partial charge in [0.05, 0.1) is 5.69 Å². The molecule has 0 spiro atoms. The minimum absolute atomic E-state index is 0.273. The Morgan fingerprint density at radius 3 is 2.64 bits per heavy atom. The van der Waals surface area contributed by atoms with E-state index >= 15 is 0 Å². The number of amides is 1. The molecule has 0 saturated heterocycles. The molecule has 4 heteroatoms. The van der Waals surface area contributed by atoms with Crippen molar-refractivity contribution in [3.63, 3.8) is 0 Å². The van der Waals surface area contributed by atoms with E-state index in [4.69, 9.17) is 9.47 Å². The maximum atomic E-state index is 12.7. The summed E-state index contributed by atoms with van der Waals surface area (Å²) in [6.45, 7) is 12.4. The lowest BCUT2D eigenvalue weighted by atomic mass is 9.89. The molecule has 2 unspecified atom stereocenters. The van der Waals surface area contributed by atoms with Crippen LogP contribution < -0.4 is 4.90 Å². The SMILES string of the molecule is CCOC1CC(C)c2cc(C)ccc2N1C(=O)OC(C)(C)C. The van der Waals surface area contributed by atoms with E-state index in [1.165, 1.54) is 11.1 Å². The molecule has 0 N–H and O–H groups in total. The molecule has 4 nitrogen and oxygen atoms in total. The third-order valence-corrected chi connectivity index (χ3v) is 3.77. The van der Waals surface area contributed by atoms with Crippen LogP contribution in [0, 0.1) is 6.92 Å². The number of rotatable bonds is 2. The second-order valence-corrected chi connectivity index (χ2v) is 6.96. The van der Waals surface area contributed by atoms with Gasteiger partial charge in [-0.2, -0.15) is 0 Å². The summed E-state index contributed by atoms with van der Waals surface area (Å²) >= 11 is 0. The van der Waals surface area contributed by atoms with Crippen LogP contribution in [0.1, 0.15) is 58.1 Å². The Morgan fingerprint density at radius 1 is 1.36 bits per heavy atom. The average molecular weight is 305 g/mol. The van der Waals surface area contributed by atoms with E-state index < -0.39 is 5.60 Å². The van der Waals surface area contributed by atoms with Gasteiger partial charge in [0.15, 0.2) is 0 Å². The normalized spacial score (nSPS) is 21.5. The number of anilines is 1. The first kappa shape index (κ1) is 16.8. The summed E-state index contributed by atoms with van der Waals surface area (Å²) in [5.41, 5.74) is 2.75. The highest BCUT2D eigenvalue weighted by atomic mass is 16.6. The zero-order valence-corrected chi connectivity index (χ0v) is 14.5. The van der Waals surface area contributed by atoms with Crippen molar-refractivity contribution in [2.45, 2.75) is 65.7 Å². The molecular weight excluding hydrogens is 278 g/mol. The predicted molar refractivity (Wildman–Crippen MR) is 88.3 cm³/mol. The van der Waals surface area contributed by atoms with Gasteiger partial charge in [-0.1, -0.05) is 24.6 Å².